The first-order valence-electron chi connectivity index (χ1n) is 9.26. The summed E-state index contributed by atoms with van der Waals surface area (Å²) in [6.07, 6.45) is 7.55. The summed E-state index contributed by atoms with van der Waals surface area (Å²) in [6.45, 7) is 1.69. The lowest BCUT2D eigenvalue weighted by atomic mass is 9.77. The van der Waals surface area contributed by atoms with Gasteiger partial charge in [-0.05, 0) is 31.7 Å². The number of likely N-dealkylation sites (tertiary alicyclic amines) is 1. The Bertz CT molecular complexity index is 779. The molecular weight excluding hydrogens is 316 g/mol. The van der Waals surface area contributed by atoms with Gasteiger partial charge in [-0.25, -0.2) is 0 Å². The van der Waals surface area contributed by atoms with Crippen molar-refractivity contribution in [3.8, 4) is 0 Å². The SMILES string of the molecule is O=C(Nc1cccc2cn[nH]c12)[C@@H]1CCCC[C@@H]1C(=O)N1CCCC1. The minimum atomic E-state index is -0.236. The summed E-state index contributed by atoms with van der Waals surface area (Å²) >= 11 is 0. The van der Waals surface area contributed by atoms with Gasteiger partial charge in [0.25, 0.3) is 0 Å². The molecule has 2 atom stereocenters. The zero-order valence-corrected chi connectivity index (χ0v) is 14.3. The molecule has 132 valence electrons. The fraction of sp³-hybridized carbons (Fsp3) is 0.526. The predicted octanol–water partition coefficient (Wildman–Crippen LogP) is 2.93. The summed E-state index contributed by atoms with van der Waals surface area (Å²) in [5, 5.41) is 11.0. The monoisotopic (exact) mass is 340 g/mol. The van der Waals surface area contributed by atoms with Gasteiger partial charge in [-0.2, -0.15) is 5.10 Å². The number of H-pyrrole nitrogens is 1. The number of carbonyl (C=O) groups excluding carboxylic acids is 2. The number of amides is 2. The van der Waals surface area contributed by atoms with Crippen LogP contribution in [-0.4, -0.2) is 40.0 Å². The second kappa shape index (κ2) is 6.86. The van der Waals surface area contributed by atoms with Crippen molar-refractivity contribution >= 4 is 28.4 Å². The molecule has 2 amide bonds. The molecule has 1 saturated heterocycles. The van der Waals surface area contributed by atoms with E-state index in [4.69, 9.17) is 0 Å². The maximum atomic E-state index is 12.9. The number of hydrogen-bond donors (Lipinski definition) is 2. The van der Waals surface area contributed by atoms with Crippen molar-refractivity contribution in [2.75, 3.05) is 18.4 Å². The highest BCUT2D eigenvalue weighted by molar-refractivity contribution is 6.02. The van der Waals surface area contributed by atoms with Crippen LogP contribution in [0.4, 0.5) is 5.69 Å². The van der Waals surface area contributed by atoms with E-state index in [1.807, 2.05) is 23.1 Å². The topological polar surface area (TPSA) is 78.1 Å². The molecule has 2 heterocycles. The molecule has 6 heteroatoms. The summed E-state index contributed by atoms with van der Waals surface area (Å²) in [5.74, 6) is -0.274. The lowest BCUT2D eigenvalue weighted by Gasteiger charge is -2.32. The van der Waals surface area contributed by atoms with Gasteiger partial charge in [-0.15, -0.1) is 0 Å². The molecule has 0 radical (unpaired) electrons. The highest BCUT2D eigenvalue weighted by atomic mass is 16.2. The molecule has 1 aromatic heterocycles. The number of hydrogen-bond acceptors (Lipinski definition) is 3. The Balaban J connectivity index is 1.52. The van der Waals surface area contributed by atoms with Crippen LogP contribution in [0.25, 0.3) is 10.9 Å². The van der Waals surface area contributed by atoms with E-state index in [2.05, 4.69) is 15.5 Å². The van der Waals surface area contributed by atoms with Crippen LogP contribution in [0.5, 0.6) is 0 Å². The first-order valence-corrected chi connectivity index (χ1v) is 9.26. The number of aromatic nitrogens is 2. The molecule has 0 spiro atoms. The molecule has 1 aliphatic heterocycles. The van der Waals surface area contributed by atoms with Gasteiger partial charge in [0.2, 0.25) is 11.8 Å². The van der Waals surface area contributed by atoms with Gasteiger partial charge in [0.15, 0.2) is 0 Å². The van der Waals surface area contributed by atoms with Crippen molar-refractivity contribution in [2.45, 2.75) is 38.5 Å². The summed E-state index contributed by atoms with van der Waals surface area (Å²) in [6, 6.07) is 5.73. The van der Waals surface area contributed by atoms with Crippen molar-refractivity contribution in [1.29, 1.82) is 0 Å². The fourth-order valence-corrected chi connectivity index (χ4v) is 4.21. The van der Waals surface area contributed by atoms with Crippen LogP contribution in [0.1, 0.15) is 38.5 Å². The normalized spacial score (nSPS) is 23.8. The van der Waals surface area contributed by atoms with E-state index >= 15 is 0 Å². The smallest absolute Gasteiger partial charge is 0.228 e. The van der Waals surface area contributed by atoms with Gasteiger partial charge in [0, 0.05) is 30.3 Å². The lowest BCUT2D eigenvalue weighted by molar-refractivity contribution is -0.141. The molecule has 6 nitrogen and oxygen atoms in total. The highest BCUT2D eigenvalue weighted by Crippen LogP contribution is 2.34. The van der Waals surface area contributed by atoms with Crippen molar-refractivity contribution in [3.05, 3.63) is 24.4 Å². The molecule has 1 aromatic carbocycles. The quantitative estimate of drug-likeness (QED) is 0.902. The average molecular weight is 340 g/mol. The molecule has 4 rings (SSSR count). The third kappa shape index (κ3) is 3.13. The molecule has 25 heavy (non-hydrogen) atoms. The van der Waals surface area contributed by atoms with Crippen LogP contribution in [0.2, 0.25) is 0 Å². The Labute approximate surface area is 147 Å². The largest absolute Gasteiger partial charge is 0.342 e. The number of carbonyl (C=O) groups is 2. The Morgan fingerprint density at radius 1 is 1.08 bits per heavy atom. The van der Waals surface area contributed by atoms with Crippen LogP contribution in [-0.2, 0) is 9.59 Å². The maximum absolute atomic E-state index is 12.9. The fourth-order valence-electron chi connectivity index (χ4n) is 4.21. The van der Waals surface area contributed by atoms with Crippen molar-refractivity contribution in [2.24, 2.45) is 11.8 Å². The molecule has 1 aliphatic carbocycles. The van der Waals surface area contributed by atoms with Crippen LogP contribution < -0.4 is 5.32 Å². The molecular formula is C19H24N4O2. The summed E-state index contributed by atoms with van der Waals surface area (Å²) in [5.41, 5.74) is 1.56. The Kier molecular flexibility index (Phi) is 4.42. The van der Waals surface area contributed by atoms with Crippen molar-refractivity contribution in [3.63, 3.8) is 0 Å². The molecule has 1 saturated carbocycles. The van der Waals surface area contributed by atoms with E-state index in [0.717, 1.165) is 68.2 Å². The summed E-state index contributed by atoms with van der Waals surface area (Å²) < 4.78 is 0. The van der Waals surface area contributed by atoms with E-state index < -0.39 is 0 Å². The first kappa shape index (κ1) is 16.1. The van der Waals surface area contributed by atoms with E-state index in [1.165, 1.54) is 0 Å². The Morgan fingerprint density at radius 3 is 2.64 bits per heavy atom. The number of para-hydroxylation sites is 1. The van der Waals surface area contributed by atoms with Gasteiger partial charge >= 0.3 is 0 Å². The van der Waals surface area contributed by atoms with E-state index in [0.29, 0.717) is 0 Å². The zero-order chi connectivity index (χ0) is 17.2. The van der Waals surface area contributed by atoms with Crippen molar-refractivity contribution < 1.29 is 9.59 Å². The van der Waals surface area contributed by atoms with Crippen LogP contribution in [0.3, 0.4) is 0 Å². The van der Waals surface area contributed by atoms with E-state index in [1.54, 1.807) is 6.20 Å². The number of fused-ring (bicyclic) bond motifs is 1. The van der Waals surface area contributed by atoms with E-state index in [9.17, 15) is 9.59 Å². The van der Waals surface area contributed by atoms with Gasteiger partial charge < -0.3 is 10.2 Å². The average Bonchev–Trinajstić information content (AvgIpc) is 3.33. The van der Waals surface area contributed by atoms with Crippen LogP contribution in [0, 0.1) is 11.8 Å². The molecule has 2 fully saturated rings. The molecule has 0 bridgehead atoms. The molecule has 2 N–H and O–H groups in total. The van der Waals surface area contributed by atoms with Crippen LogP contribution in [0.15, 0.2) is 24.4 Å². The zero-order valence-electron chi connectivity index (χ0n) is 14.3. The number of aromatic amines is 1. The second-order valence-corrected chi connectivity index (χ2v) is 7.16. The number of nitrogens with zero attached hydrogens (tertiary/aromatic N) is 2. The third-order valence-corrected chi connectivity index (χ3v) is 5.57. The Morgan fingerprint density at radius 2 is 1.84 bits per heavy atom. The van der Waals surface area contributed by atoms with Gasteiger partial charge in [-0.1, -0.05) is 25.0 Å². The highest BCUT2D eigenvalue weighted by Gasteiger charge is 2.38. The standard InChI is InChI=1S/C19H24N4O2/c24-18(21-16-9-5-6-13-12-20-22-17(13)16)14-7-1-2-8-15(14)19(25)23-10-3-4-11-23/h5-6,9,12,14-15H,1-4,7-8,10-11H2,(H,20,22)(H,21,24)/t14-,15+/m1/s1. The Hall–Kier alpha value is -2.37. The second-order valence-electron chi connectivity index (χ2n) is 7.16. The maximum Gasteiger partial charge on any atom is 0.228 e. The molecule has 0 unspecified atom stereocenters. The van der Waals surface area contributed by atoms with Gasteiger partial charge in [0.1, 0.15) is 0 Å². The minimum absolute atomic E-state index is 0.0423. The predicted molar refractivity (Wildman–Crippen MR) is 96.0 cm³/mol. The van der Waals surface area contributed by atoms with Gasteiger partial charge in [0.05, 0.1) is 17.4 Å². The van der Waals surface area contributed by atoms with Gasteiger partial charge in [-0.3, -0.25) is 14.7 Å². The number of benzene rings is 1. The summed E-state index contributed by atoms with van der Waals surface area (Å²) in [4.78, 5) is 27.8. The number of anilines is 1. The first-order chi connectivity index (χ1) is 12.2. The summed E-state index contributed by atoms with van der Waals surface area (Å²) in [7, 11) is 0. The van der Waals surface area contributed by atoms with E-state index in [-0.39, 0.29) is 23.7 Å². The third-order valence-electron chi connectivity index (χ3n) is 5.57. The van der Waals surface area contributed by atoms with Crippen LogP contribution >= 0.6 is 0 Å². The lowest BCUT2D eigenvalue weighted by Crippen LogP contribution is -2.42. The minimum Gasteiger partial charge on any atom is -0.342 e. The van der Waals surface area contributed by atoms with Crippen molar-refractivity contribution in [1.82, 2.24) is 15.1 Å². The molecule has 2 aliphatic rings. The number of rotatable bonds is 3. The number of nitrogens with one attached hydrogen (secondary N) is 2. The molecule has 2 aromatic rings.